The lowest BCUT2D eigenvalue weighted by Gasteiger charge is -2.14. The molecule has 1 aliphatic carbocycles. The number of benzene rings is 2. The van der Waals surface area contributed by atoms with Crippen LogP contribution in [0, 0.1) is 17.6 Å². The Morgan fingerprint density at radius 3 is 2.54 bits per heavy atom. The Balaban J connectivity index is 1.76. The number of rotatable bonds is 4. The van der Waals surface area contributed by atoms with E-state index in [-0.39, 0.29) is 44.1 Å². The van der Waals surface area contributed by atoms with Crippen LogP contribution in [0.1, 0.15) is 34.9 Å². The molecule has 174 valence electrons. The van der Waals surface area contributed by atoms with Crippen molar-refractivity contribution in [2.24, 2.45) is 0 Å². The van der Waals surface area contributed by atoms with Crippen molar-refractivity contribution in [3.63, 3.8) is 0 Å². The molecule has 0 spiro atoms. The second-order valence-corrected chi connectivity index (χ2v) is 8.73. The van der Waals surface area contributed by atoms with Crippen LogP contribution in [0.3, 0.4) is 0 Å². The van der Waals surface area contributed by atoms with Crippen molar-refractivity contribution < 1.29 is 23.1 Å². The summed E-state index contributed by atoms with van der Waals surface area (Å²) < 4.78 is 45.2. The fourth-order valence-corrected chi connectivity index (χ4v) is 4.59. The van der Waals surface area contributed by atoms with E-state index in [1.54, 1.807) is 10.6 Å². The monoisotopic (exact) mass is 494 g/mol. The molecule has 1 fully saturated rings. The lowest BCUT2D eigenvalue weighted by atomic mass is 10.0. The molecule has 0 saturated heterocycles. The maximum Gasteiger partial charge on any atom is 0.337 e. The number of aromatic nitrogens is 4. The maximum atomic E-state index is 15.1. The van der Waals surface area contributed by atoms with Gasteiger partial charge in [0.2, 0.25) is 5.95 Å². The summed E-state index contributed by atoms with van der Waals surface area (Å²) in [4.78, 5) is 24.3. The van der Waals surface area contributed by atoms with Gasteiger partial charge in [-0.25, -0.2) is 23.5 Å². The quantitative estimate of drug-likeness (QED) is 0.297. The zero-order chi connectivity index (χ0) is 24.4. The molecule has 3 heterocycles. The molecule has 0 radical (unpaired) electrons. The standard InChI is InChI=1S/C25H14ClF3N4O2/c26-15-3-4-16(27)19-17(6-8-30-22(15)19)33-18-10-12(13-5-7-31-23(29)20(13)28)9-14(25(34)35)21(18)32-24(33)11-1-2-11/h3-11H,1-2H2,(H,34,35). The first kappa shape index (κ1) is 21.5. The number of hydrogen-bond donors (Lipinski definition) is 1. The largest absolute Gasteiger partial charge is 0.478 e. The fourth-order valence-electron chi connectivity index (χ4n) is 4.39. The summed E-state index contributed by atoms with van der Waals surface area (Å²) in [5.41, 5.74) is 0.854. The summed E-state index contributed by atoms with van der Waals surface area (Å²) in [5, 5.41) is 10.3. The smallest absolute Gasteiger partial charge is 0.337 e. The zero-order valence-corrected chi connectivity index (χ0v) is 18.5. The summed E-state index contributed by atoms with van der Waals surface area (Å²) in [5.74, 6) is -3.77. The molecule has 1 saturated carbocycles. The van der Waals surface area contributed by atoms with Crippen molar-refractivity contribution in [3.8, 4) is 16.8 Å². The molecular weight excluding hydrogens is 481 g/mol. The molecule has 6 rings (SSSR count). The molecule has 5 aromatic rings. The Bertz CT molecular complexity index is 1700. The van der Waals surface area contributed by atoms with Gasteiger partial charge in [-0.1, -0.05) is 11.6 Å². The molecule has 0 aliphatic heterocycles. The molecule has 1 N–H and O–H groups in total. The van der Waals surface area contributed by atoms with Gasteiger partial charge in [0.1, 0.15) is 17.2 Å². The summed E-state index contributed by atoms with van der Waals surface area (Å²) >= 11 is 6.28. The summed E-state index contributed by atoms with van der Waals surface area (Å²) in [6.07, 6.45) is 4.23. The number of imidazole rings is 1. The van der Waals surface area contributed by atoms with Gasteiger partial charge in [-0.3, -0.25) is 9.55 Å². The van der Waals surface area contributed by atoms with Gasteiger partial charge >= 0.3 is 5.97 Å². The predicted molar refractivity (Wildman–Crippen MR) is 123 cm³/mol. The lowest BCUT2D eigenvalue weighted by Crippen LogP contribution is -2.04. The summed E-state index contributed by atoms with van der Waals surface area (Å²) in [6.45, 7) is 0. The van der Waals surface area contributed by atoms with Crippen LogP contribution in [0.25, 0.3) is 38.8 Å². The molecule has 0 atom stereocenters. The van der Waals surface area contributed by atoms with Crippen molar-refractivity contribution in [2.45, 2.75) is 18.8 Å². The third kappa shape index (κ3) is 3.34. The van der Waals surface area contributed by atoms with Crippen LogP contribution >= 0.6 is 11.6 Å². The van der Waals surface area contributed by atoms with E-state index in [0.717, 1.165) is 19.0 Å². The SMILES string of the molecule is O=C(O)c1cc(-c2ccnc(F)c2F)cc2c1nc(C1CC1)n2-c1ccnc2c(Cl)ccc(F)c12. The third-order valence-corrected chi connectivity index (χ3v) is 6.43. The average molecular weight is 495 g/mol. The first-order valence-corrected chi connectivity index (χ1v) is 11.1. The number of nitrogens with zero attached hydrogens (tertiary/aromatic N) is 4. The molecule has 0 bridgehead atoms. The van der Waals surface area contributed by atoms with Crippen molar-refractivity contribution in [3.05, 3.63) is 82.8 Å². The second kappa shape index (κ2) is 7.78. The van der Waals surface area contributed by atoms with Gasteiger partial charge in [0.25, 0.3) is 0 Å². The van der Waals surface area contributed by atoms with Gasteiger partial charge < -0.3 is 5.11 Å². The van der Waals surface area contributed by atoms with E-state index in [1.807, 2.05) is 0 Å². The third-order valence-electron chi connectivity index (χ3n) is 6.13. The minimum absolute atomic E-state index is 0.0352. The highest BCUT2D eigenvalue weighted by atomic mass is 35.5. The molecular formula is C25H14ClF3N4O2. The van der Waals surface area contributed by atoms with Crippen molar-refractivity contribution in [2.75, 3.05) is 0 Å². The molecule has 0 unspecified atom stereocenters. The fraction of sp³-hybridized carbons (Fsp3) is 0.120. The van der Waals surface area contributed by atoms with E-state index in [1.165, 1.54) is 36.5 Å². The van der Waals surface area contributed by atoms with Gasteiger partial charge in [-0.2, -0.15) is 4.39 Å². The van der Waals surface area contributed by atoms with Crippen LogP contribution in [0.5, 0.6) is 0 Å². The number of pyridine rings is 2. The van der Waals surface area contributed by atoms with Crippen molar-refractivity contribution in [1.29, 1.82) is 0 Å². The molecule has 2 aromatic carbocycles. The number of aromatic carboxylic acids is 1. The number of carboxylic acid groups (broad SMARTS) is 1. The Morgan fingerprint density at radius 2 is 1.80 bits per heavy atom. The van der Waals surface area contributed by atoms with E-state index >= 15 is 4.39 Å². The van der Waals surface area contributed by atoms with E-state index in [2.05, 4.69) is 15.0 Å². The normalized spacial score (nSPS) is 13.6. The number of halogens is 4. The van der Waals surface area contributed by atoms with E-state index in [9.17, 15) is 18.7 Å². The first-order chi connectivity index (χ1) is 16.8. The Kier molecular flexibility index (Phi) is 4.79. The van der Waals surface area contributed by atoms with Gasteiger partial charge in [0, 0.05) is 23.9 Å². The Hall–Kier alpha value is -3.98. The topological polar surface area (TPSA) is 80.9 Å². The summed E-state index contributed by atoms with van der Waals surface area (Å²) in [7, 11) is 0. The predicted octanol–water partition coefficient (Wildman–Crippen LogP) is 6.28. The van der Waals surface area contributed by atoms with Crippen molar-refractivity contribution >= 4 is 39.5 Å². The minimum Gasteiger partial charge on any atom is -0.478 e. The van der Waals surface area contributed by atoms with Gasteiger partial charge in [0.15, 0.2) is 5.82 Å². The lowest BCUT2D eigenvalue weighted by molar-refractivity contribution is 0.0699. The van der Waals surface area contributed by atoms with Crippen molar-refractivity contribution in [1.82, 2.24) is 19.5 Å². The Morgan fingerprint density at radius 1 is 1.03 bits per heavy atom. The van der Waals surface area contributed by atoms with Crippen LogP contribution in [-0.4, -0.2) is 30.6 Å². The number of fused-ring (bicyclic) bond motifs is 2. The molecule has 3 aromatic heterocycles. The number of carboxylic acids is 1. The number of hydrogen-bond acceptors (Lipinski definition) is 4. The average Bonchev–Trinajstić information content (AvgIpc) is 3.62. The molecule has 1 aliphatic rings. The van der Waals surface area contributed by atoms with Crippen LogP contribution in [0.15, 0.2) is 48.8 Å². The highest BCUT2D eigenvalue weighted by Gasteiger charge is 2.32. The van der Waals surface area contributed by atoms with Crippen LogP contribution in [-0.2, 0) is 0 Å². The van der Waals surface area contributed by atoms with Crippen LogP contribution in [0.4, 0.5) is 13.2 Å². The molecule has 0 amide bonds. The molecule has 35 heavy (non-hydrogen) atoms. The van der Waals surface area contributed by atoms with E-state index in [4.69, 9.17) is 11.6 Å². The van der Waals surface area contributed by atoms with Gasteiger partial charge in [0.05, 0.1) is 32.7 Å². The summed E-state index contributed by atoms with van der Waals surface area (Å²) in [6, 6.07) is 8.26. The van der Waals surface area contributed by atoms with E-state index in [0.29, 0.717) is 17.0 Å². The van der Waals surface area contributed by atoms with Crippen LogP contribution in [0.2, 0.25) is 5.02 Å². The van der Waals surface area contributed by atoms with Gasteiger partial charge in [-0.05, 0) is 54.8 Å². The van der Waals surface area contributed by atoms with Gasteiger partial charge in [-0.15, -0.1) is 0 Å². The second-order valence-electron chi connectivity index (χ2n) is 8.32. The van der Waals surface area contributed by atoms with E-state index < -0.39 is 23.6 Å². The molecule has 10 heteroatoms. The highest BCUT2D eigenvalue weighted by molar-refractivity contribution is 6.35. The zero-order valence-electron chi connectivity index (χ0n) is 17.8. The molecule has 6 nitrogen and oxygen atoms in total. The minimum atomic E-state index is -1.30. The first-order valence-electron chi connectivity index (χ1n) is 10.7. The number of carbonyl (C=O) groups is 1. The highest BCUT2D eigenvalue weighted by Crippen LogP contribution is 2.44. The van der Waals surface area contributed by atoms with Crippen LogP contribution < -0.4 is 0 Å². The Labute approximate surface area is 200 Å². The maximum absolute atomic E-state index is 15.1.